The fraction of sp³-hybridized carbons (Fsp3) is 0.286. The molecule has 29 heavy (non-hydrogen) atoms. The van der Waals surface area contributed by atoms with E-state index in [4.69, 9.17) is 14.2 Å². The third-order valence-corrected chi connectivity index (χ3v) is 3.69. The first-order valence-electron chi connectivity index (χ1n) is 9.24. The lowest BCUT2D eigenvalue weighted by Crippen LogP contribution is -2.24. The molecule has 0 radical (unpaired) electrons. The number of amides is 2. The number of rotatable bonds is 9. The molecule has 2 rings (SSSR count). The summed E-state index contributed by atoms with van der Waals surface area (Å²) in [5.74, 6) is 0.428. The summed E-state index contributed by atoms with van der Waals surface area (Å²) in [4.78, 5) is 23.4. The highest BCUT2D eigenvalue weighted by molar-refractivity contribution is 5.91. The Morgan fingerprint density at radius 3 is 2.55 bits per heavy atom. The van der Waals surface area contributed by atoms with Crippen LogP contribution in [0.1, 0.15) is 25.0 Å². The molecule has 0 unspecified atom stereocenters. The largest absolute Gasteiger partial charge is 0.490 e. The number of para-hydroxylation sites is 1. The minimum Gasteiger partial charge on any atom is -0.490 e. The van der Waals surface area contributed by atoms with Crippen LogP contribution in [-0.2, 0) is 9.53 Å². The van der Waals surface area contributed by atoms with Crippen molar-refractivity contribution in [2.24, 2.45) is 5.10 Å². The molecule has 0 saturated carbocycles. The van der Waals surface area contributed by atoms with E-state index in [1.807, 2.05) is 38.1 Å². The Hall–Kier alpha value is -3.55. The topological polar surface area (TPSA) is 98.3 Å². The number of anilines is 1. The van der Waals surface area contributed by atoms with E-state index in [0.717, 1.165) is 5.56 Å². The van der Waals surface area contributed by atoms with Gasteiger partial charge in [-0.05, 0) is 56.2 Å². The van der Waals surface area contributed by atoms with Gasteiger partial charge in [0.15, 0.2) is 18.1 Å². The van der Waals surface area contributed by atoms with Crippen LogP contribution in [0.3, 0.4) is 0 Å². The molecule has 2 aromatic carbocycles. The highest BCUT2D eigenvalue weighted by atomic mass is 16.6. The Morgan fingerprint density at radius 1 is 1.03 bits per heavy atom. The quantitative estimate of drug-likeness (QED) is 0.382. The van der Waals surface area contributed by atoms with Crippen LogP contribution in [0.4, 0.5) is 10.5 Å². The molecular weight excluding hydrogens is 374 g/mol. The second kappa shape index (κ2) is 11.3. The molecule has 0 aliphatic rings. The molecule has 154 valence electrons. The lowest BCUT2D eigenvalue weighted by atomic mass is 10.2. The SMILES string of the molecule is CCOC(=O)COc1ccc(C=NNC(=O)Nc2ccccc2C)cc1OCC. The van der Waals surface area contributed by atoms with Crippen molar-refractivity contribution in [3.05, 3.63) is 53.6 Å². The minimum atomic E-state index is -0.454. The number of hydrazone groups is 1. The van der Waals surface area contributed by atoms with Gasteiger partial charge in [0.25, 0.3) is 0 Å². The molecule has 0 aliphatic carbocycles. The Labute approximate surface area is 169 Å². The third-order valence-electron chi connectivity index (χ3n) is 3.69. The van der Waals surface area contributed by atoms with Gasteiger partial charge in [-0.2, -0.15) is 5.10 Å². The summed E-state index contributed by atoms with van der Waals surface area (Å²) < 4.78 is 15.8. The molecule has 2 amide bonds. The van der Waals surface area contributed by atoms with Crippen LogP contribution in [0.2, 0.25) is 0 Å². The van der Waals surface area contributed by atoms with Crippen LogP contribution in [0, 0.1) is 6.92 Å². The standard InChI is InChI=1S/C21H25N3O5/c1-4-27-19-12-16(10-11-18(19)29-14-20(25)28-5-2)13-22-24-21(26)23-17-9-7-6-8-15(17)3/h6-13H,4-5,14H2,1-3H3,(H2,23,24,26). The van der Waals surface area contributed by atoms with Gasteiger partial charge < -0.3 is 19.5 Å². The zero-order valence-corrected chi connectivity index (χ0v) is 16.7. The molecule has 0 heterocycles. The maximum absolute atomic E-state index is 12.0. The second-order valence-corrected chi connectivity index (χ2v) is 5.87. The van der Waals surface area contributed by atoms with Crippen LogP contribution in [0.15, 0.2) is 47.6 Å². The maximum Gasteiger partial charge on any atom is 0.344 e. The smallest absolute Gasteiger partial charge is 0.344 e. The van der Waals surface area contributed by atoms with Crippen molar-refractivity contribution < 1.29 is 23.8 Å². The van der Waals surface area contributed by atoms with Gasteiger partial charge in [-0.25, -0.2) is 15.0 Å². The fourth-order valence-electron chi connectivity index (χ4n) is 2.36. The van der Waals surface area contributed by atoms with Crippen molar-refractivity contribution in [2.75, 3.05) is 25.1 Å². The highest BCUT2D eigenvalue weighted by Crippen LogP contribution is 2.28. The zero-order valence-electron chi connectivity index (χ0n) is 16.7. The van der Waals surface area contributed by atoms with E-state index < -0.39 is 12.0 Å². The summed E-state index contributed by atoms with van der Waals surface area (Å²) in [6.45, 7) is 5.98. The number of hydrogen-bond donors (Lipinski definition) is 2. The molecule has 0 saturated heterocycles. The Balaban J connectivity index is 1.97. The van der Waals surface area contributed by atoms with E-state index in [1.165, 1.54) is 6.21 Å². The molecule has 2 N–H and O–H groups in total. The van der Waals surface area contributed by atoms with Gasteiger partial charge in [-0.1, -0.05) is 18.2 Å². The number of carbonyl (C=O) groups excluding carboxylic acids is 2. The third kappa shape index (κ3) is 7.17. The van der Waals surface area contributed by atoms with Gasteiger partial charge in [-0.3, -0.25) is 0 Å². The first kappa shape index (κ1) is 21.7. The van der Waals surface area contributed by atoms with Gasteiger partial charge in [0.1, 0.15) is 0 Å². The molecule has 0 fully saturated rings. The van der Waals surface area contributed by atoms with Gasteiger partial charge in [0.05, 0.1) is 19.4 Å². The number of aryl methyl sites for hydroxylation is 1. The van der Waals surface area contributed by atoms with E-state index in [-0.39, 0.29) is 6.61 Å². The number of nitrogens with zero attached hydrogens (tertiary/aromatic N) is 1. The highest BCUT2D eigenvalue weighted by Gasteiger charge is 2.09. The molecule has 0 atom stereocenters. The predicted molar refractivity (Wildman–Crippen MR) is 111 cm³/mol. The number of nitrogens with one attached hydrogen (secondary N) is 2. The van der Waals surface area contributed by atoms with Crippen molar-refractivity contribution in [3.8, 4) is 11.5 Å². The molecule has 0 aromatic heterocycles. The number of carbonyl (C=O) groups is 2. The van der Waals surface area contributed by atoms with Gasteiger partial charge >= 0.3 is 12.0 Å². The van der Waals surface area contributed by atoms with Crippen molar-refractivity contribution in [1.82, 2.24) is 5.43 Å². The van der Waals surface area contributed by atoms with Crippen molar-refractivity contribution in [2.45, 2.75) is 20.8 Å². The van der Waals surface area contributed by atoms with Gasteiger partial charge in [0.2, 0.25) is 0 Å². The lowest BCUT2D eigenvalue weighted by Gasteiger charge is -2.12. The summed E-state index contributed by atoms with van der Waals surface area (Å²) in [6, 6.07) is 12.1. The number of urea groups is 1. The average molecular weight is 399 g/mol. The first-order chi connectivity index (χ1) is 14.0. The monoisotopic (exact) mass is 399 g/mol. The van der Waals surface area contributed by atoms with E-state index >= 15 is 0 Å². The Kier molecular flexibility index (Phi) is 8.50. The molecule has 2 aromatic rings. The molecule has 8 heteroatoms. The van der Waals surface area contributed by atoms with Crippen molar-refractivity contribution in [1.29, 1.82) is 0 Å². The first-order valence-corrected chi connectivity index (χ1v) is 9.24. The Morgan fingerprint density at radius 2 is 1.83 bits per heavy atom. The normalized spacial score (nSPS) is 10.4. The van der Waals surface area contributed by atoms with Gasteiger partial charge in [-0.15, -0.1) is 0 Å². The van der Waals surface area contributed by atoms with Crippen LogP contribution in [0.5, 0.6) is 11.5 Å². The van der Waals surface area contributed by atoms with Crippen LogP contribution < -0.4 is 20.2 Å². The molecule has 0 aliphatic heterocycles. The van der Waals surface area contributed by atoms with E-state index in [1.54, 1.807) is 25.1 Å². The van der Waals surface area contributed by atoms with Crippen LogP contribution >= 0.6 is 0 Å². The minimum absolute atomic E-state index is 0.206. The number of esters is 1. The summed E-state index contributed by atoms with van der Waals surface area (Å²) >= 11 is 0. The van der Waals surface area contributed by atoms with E-state index in [0.29, 0.717) is 36.0 Å². The number of benzene rings is 2. The van der Waals surface area contributed by atoms with Crippen molar-refractivity contribution >= 4 is 23.9 Å². The van der Waals surface area contributed by atoms with Gasteiger partial charge in [0, 0.05) is 5.69 Å². The fourth-order valence-corrected chi connectivity index (χ4v) is 2.36. The summed E-state index contributed by atoms with van der Waals surface area (Å²) in [7, 11) is 0. The summed E-state index contributed by atoms with van der Waals surface area (Å²) in [5.41, 5.74) is 4.76. The molecular formula is C21H25N3O5. The number of ether oxygens (including phenoxy) is 3. The van der Waals surface area contributed by atoms with E-state index in [9.17, 15) is 9.59 Å². The van der Waals surface area contributed by atoms with Crippen LogP contribution in [-0.4, -0.2) is 38.0 Å². The lowest BCUT2D eigenvalue weighted by molar-refractivity contribution is -0.145. The summed E-state index contributed by atoms with van der Waals surface area (Å²) in [6.07, 6.45) is 1.48. The van der Waals surface area contributed by atoms with Crippen molar-refractivity contribution in [3.63, 3.8) is 0 Å². The molecule has 8 nitrogen and oxygen atoms in total. The summed E-state index contributed by atoms with van der Waals surface area (Å²) in [5, 5.41) is 6.66. The average Bonchev–Trinajstić information content (AvgIpc) is 2.69. The predicted octanol–water partition coefficient (Wildman–Crippen LogP) is 3.49. The second-order valence-electron chi connectivity index (χ2n) is 5.87. The van der Waals surface area contributed by atoms with E-state index in [2.05, 4.69) is 15.8 Å². The molecule has 0 bridgehead atoms. The zero-order chi connectivity index (χ0) is 21.1. The maximum atomic E-state index is 12.0. The Bertz CT molecular complexity index is 867. The van der Waals surface area contributed by atoms with Crippen LogP contribution in [0.25, 0.3) is 0 Å². The number of hydrogen-bond acceptors (Lipinski definition) is 6. The molecule has 0 spiro atoms.